The van der Waals surface area contributed by atoms with Crippen molar-refractivity contribution in [2.24, 2.45) is 0 Å². The number of carbonyl (C=O) groups is 2. The van der Waals surface area contributed by atoms with Crippen molar-refractivity contribution in [3.63, 3.8) is 0 Å². The van der Waals surface area contributed by atoms with E-state index in [4.69, 9.17) is 5.11 Å². The average Bonchev–Trinajstić information content (AvgIpc) is 2.26. The fourth-order valence-corrected chi connectivity index (χ4v) is 4.01. The average molecular weight is 348 g/mol. The van der Waals surface area contributed by atoms with Gasteiger partial charge in [0.05, 0.1) is 10.6 Å². The molecule has 2 N–H and O–H groups in total. The van der Waals surface area contributed by atoms with Gasteiger partial charge in [-0.2, -0.15) is 0 Å². The molecule has 0 spiro atoms. The summed E-state index contributed by atoms with van der Waals surface area (Å²) in [5.74, 6) is -1.82. The van der Waals surface area contributed by atoms with Gasteiger partial charge in [-0.1, -0.05) is 15.9 Å². The van der Waals surface area contributed by atoms with Gasteiger partial charge in [0.2, 0.25) is 5.91 Å². The van der Waals surface area contributed by atoms with E-state index in [1.165, 1.54) is 12.1 Å². The van der Waals surface area contributed by atoms with Crippen LogP contribution >= 0.6 is 15.9 Å². The fourth-order valence-electron chi connectivity index (χ4n) is 1.90. The quantitative estimate of drug-likeness (QED) is 0.860. The van der Waals surface area contributed by atoms with E-state index in [0.29, 0.717) is 4.47 Å². The molecule has 102 valence electrons. The van der Waals surface area contributed by atoms with E-state index in [0.717, 1.165) is 0 Å². The summed E-state index contributed by atoms with van der Waals surface area (Å²) in [5.41, 5.74) is 0.214. The Labute approximate surface area is 117 Å². The van der Waals surface area contributed by atoms with Crippen molar-refractivity contribution in [1.29, 1.82) is 0 Å². The monoisotopic (exact) mass is 347 g/mol. The van der Waals surface area contributed by atoms with Gasteiger partial charge in [0, 0.05) is 10.9 Å². The minimum absolute atomic E-state index is 0.0192. The molecule has 8 heteroatoms. The van der Waals surface area contributed by atoms with Crippen molar-refractivity contribution in [2.75, 3.05) is 5.32 Å². The summed E-state index contributed by atoms with van der Waals surface area (Å²) < 4.78 is 25.2. The van der Waals surface area contributed by atoms with Crippen molar-refractivity contribution < 1.29 is 23.1 Å². The first-order valence-corrected chi connectivity index (χ1v) is 7.72. The van der Waals surface area contributed by atoms with Gasteiger partial charge in [0.1, 0.15) is 5.25 Å². The van der Waals surface area contributed by atoms with Gasteiger partial charge >= 0.3 is 5.97 Å². The number of hydrogen-bond acceptors (Lipinski definition) is 4. The second kappa shape index (κ2) is 4.93. The highest BCUT2D eigenvalue weighted by Crippen LogP contribution is 2.33. The normalized spacial score (nSPS) is 20.5. The third kappa shape index (κ3) is 2.64. The predicted molar refractivity (Wildman–Crippen MR) is 70.6 cm³/mol. The Morgan fingerprint density at radius 2 is 2.11 bits per heavy atom. The number of rotatable bonds is 3. The molecule has 1 aliphatic heterocycles. The molecule has 1 aromatic carbocycles. The smallest absolute Gasteiger partial charge is 0.303 e. The van der Waals surface area contributed by atoms with Crippen LogP contribution < -0.4 is 5.32 Å². The summed E-state index contributed by atoms with van der Waals surface area (Å²) in [4.78, 5) is 22.3. The van der Waals surface area contributed by atoms with Gasteiger partial charge in [0.25, 0.3) is 0 Å². The van der Waals surface area contributed by atoms with E-state index in [2.05, 4.69) is 21.2 Å². The molecule has 0 aromatic heterocycles. The van der Waals surface area contributed by atoms with Crippen LogP contribution in [0.3, 0.4) is 0 Å². The van der Waals surface area contributed by atoms with E-state index >= 15 is 0 Å². The molecule has 0 bridgehead atoms. The number of hydrogen-bond donors (Lipinski definition) is 2. The summed E-state index contributed by atoms with van der Waals surface area (Å²) in [6.07, 6.45) is -0.609. The molecule has 1 aromatic rings. The largest absolute Gasteiger partial charge is 0.481 e. The first-order chi connectivity index (χ1) is 8.82. The van der Waals surface area contributed by atoms with E-state index in [-0.39, 0.29) is 23.4 Å². The maximum absolute atomic E-state index is 12.3. The van der Waals surface area contributed by atoms with Gasteiger partial charge < -0.3 is 10.4 Å². The number of carboxylic acids is 1. The highest BCUT2D eigenvalue weighted by Gasteiger charge is 2.40. The Morgan fingerprint density at radius 1 is 1.42 bits per heavy atom. The molecule has 0 fully saturated rings. The number of sulfone groups is 1. The Balaban J connectivity index is 2.43. The molecule has 0 radical (unpaired) electrons. The number of fused-ring (bicyclic) bond motifs is 1. The summed E-state index contributed by atoms with van der Waals surface area (Å²) in [6, 6.07) is 4.45. The number of amides is 1. The molecule has 19 heavy (non-hydrogen) atoms. The van der Waals surface area contributed by atoms with E-state index in [1.807, 2.05) is 0 Å². The van der Waals surface area contributed by atoms with E-state index in [1.54, 1.807) is 6.07 Å². The van der Waals surface area contributed by atoms with Gasteiger partial charge in [-0.25, -0.2) is 8.42 Å². The second-order valence-corrected chi connectivity index (χ2v) is 7.11. The van der Waals surface area contributed by atoms with Gasteiger partial charge in [0.15, 0.2) is 9.84 Å². The molecule has 1 heterocycles. The number of benzene rings is 1. The minimum atomic E-state index is -3.84. The van der Waals surface area contributed by atoms with Crippen LogP contribution in [0.2, 0.25) is 0 Å². The first kappa shape index (κ1) is 14.0. The van der Waals surface area contributed by atoms with Crippen molar-refractivity contribution in [2.45, 2.75) is 23.0 Å². The number of aliphatic carboxylic acids is 1. The number of anilines is 1. The topological polar surface area (TPSA) is 101 Å². The zero-order valence-corrected chi connectivity index (χ0v) is 12.0. The lowest BCUT2D eigenvalue weighted by atomic mass is 10.2. The lowest BCUT2D eigenvalue weighted by Crippen LogP contribution is -2.40. The van der Waals surface area contributed by atoms with Gasteiger partial charge in [-0.15, -0.1) is 0 Å². The number of halogens is 1. The minimum Gasteiger partial charge on any atom is -0.481 e. The van der Waals surface area contributed by atoms with Crippen molar-refractivity contribution in [3.05, 3.63) is 22.7 Å². The molecule has 0 saturated carbocycles. The standard InChI is InChI=1S/C11H10BrNO5S/c12-6-1-2-8-7(5-6)13-11(16)9(19(8,17)18)3-4-10(14)15/h1-2,5,9H,3-4H2,(H,13,16)(H,14,15). The van der Waals surface area contributed by atoms with Crippen LogP contribution in [0, 0.1) is 0 Å². The summed E-state index contributed by atoms with van der Waals surface area (Å²) >= 11 is 3.19. The molecule has 0 saturated heterocycles. The molecule has 2 rings (SSSR count). The summed E-state index contributed by atoms with van der Waals surface area (Å²) in [5, 5.41) is 9.74. The fraction of sp³-hybridized carbons (Fsp3) is 0.273. The SMILES string of the molecule is O=C(O)CCC1C(=O)Nc2cc(Br)ccc2S1(=O)=O. The van der Waals surface area contributed by atoms with Crippen LogP contribution in [-0.2, 0) is 19.4 Å². The predicted octanol–water partition coefficient (Wildman–Crippen LogP) is 1.41. The van der Waals surface area contributed by atoms with E-state index in [9.17, 15) is 18.0 Å². The van der Waals surface area contributed by atoms with Crippen LogP contribution in [0.25, 0.3) is 0 Å². The van der Waals surface area contributed by atoms with Crippen LogP contribution in [-0.4, -0.2) is 30.7 Å². The molecule has 6 nitrogen and oxygen atoms in total. The summed E-state index contributed by atoms with van der Waals surface area (Å²) in [6.45, 7) is 0. The van der Waals surface area contributed by atoms with Crippen molar-refractivity contribution in [1.82, 2.24) is 0 Å². The maximum atomic E-state index is 12.3. The Bertz CT molecular complexity index is 655. The van der Waals surface area contributed by atoms with Crippen LogP contribution in [0.4, 0.5) is 5.69 Å². The molecular formula is C11H10BrNO5S. The van der Waals surface area contributed by atoms with Crippen molar-refractivity contribution in [3.8, 4) is 0 Å². The molecule has 0 aliphatic carbocycles. The molecule has 1 unspecified atom stereocenters. The first-order valence-electron chi connectivity index (χ1n) is 5.38. The molecule has 1 aliphatic rings. The molecular weight excluding hydrogens is 338 g/mol. The van der Waals surface area contributed by atoms with Crippen molar-refractivity contribution >= 4 is 43.3 Å². The Morgan fingerprint density at radius 3 is 2.74 bits per heavy atom. The van der Waals surface area contributed by atoms with Crippen LogP contribution in [0.5, 0.6) is 0 Å². The second-order valence-electron chi connectivity index (χ2n) is 4.10. The highest BCUT2D eigenvalue weighted by atomic mass is 79.9. The van der Waals surface area contributed by atoms with Gasteiger partial charge in [-0.05, 0) is 24.6 Å². The zero-order chi connectivity index (χ0) is 14.2. The summed E-state index contributed by atoms with van der Waals surface area (Å²) in [7, 11) is -3.84. The maximum Gasteiger partial charge on any atom is 0.303 e. The third-order valence-corrected chi connectivity index (χ3v) is 5.45. The highest BCUT2D eigenvalue weighted by molar-refractivity contribution is 9.10. The lowest BCUT2D eigenvalue weighted by Gasteiger charge is -2.24. The number of carboxylic acid groups (broad SMARTS) is 1. The van der Waals surface area contributed by atoms with Crippen LogP contribution in [0.1, 0.15) is 12.8 Å². The number of carbonyl (C=O) groups excluding carboxylic acids is 1. The zero-order valence-electron chi connectivity index (χ0n) is 9.59. The Hall–Kier alpha value is -1.41. The lowest BCUT2D eigenvalue weighted by molar-refractivity contribution is -0.137. The molecule has 1 amide bonds. The van der Waals surface area contributed by atoms with Gasteiger partial charge in [-0.3, -0.25) is 9.59 Å². The Kier molecular flexibility index (Phi) is 3.64. The van der Waals surface area contributed by atoms with E-state index < -0.39 is 27.0 Å². The number of nitrogens with one attached hydrogen (secondary N) is 1. The van der Waals surface area contributed by atoms with Crippen LogP contribution in [0.15, 0.2) is 27.6 Å². The third-order valence-electron chi connectivity index (χ3n) is 2.79. The molecule has 1 atom stereocenters.